The van der Waals surface area contributed by atoms with E-state index in [9.17, 15) is 0 Å². The van der Waals surface area contributed by atoms with Gasteiger partial charge in [-0.05, 0) is 13.8 Å². The van der Waals surface area contributed by atoms with Crippen molar-refractivity contribution in [3.63, 3.8) is 0 Å². The van der Waals surface area contributed by atoms with Crippen molar-refractivity contribution in [3.8, 4) is 0 Å². The van der Waals surface area contributed by atoms with Crippen molar-refractivity contribution >= 4 is 11.6 Å². The van der Waals surface area contributed by atoms with Crippen LogP contribution in [0.5, 0.6) is 0 Å². The van der Waals surface area contributed by atoms with Crippen molar-refractivity contribution < 1.29 is 0 Å². The zero-order chi connectivity index (χ0) is 10.8. The maximum Gasteiger partial charge on any atom is 0.254 e. The molecule has 0 atom stereocenters. The predicted molar refractivity (Wildman–Crippen MR) is 58.8 cm³/mol. The molecule has 0 unspecified atom stereocenters. The van der Waals surface area contributed by atoms with E-state index >= 15 is 0 Å². The summed E-state index contributed by atoms with van der Waals surface area (Å²) in [6.07, 6.45) is 1.49. The summed E-state index contributed by atoms with van der Waals surface area (Å²) in [6.45, 7) is 8.46. The largest absolute Gasteiger partial charge is 0.366 e. The Kier molecular flexibility index (Phi) is 2.37. The molecular formula is C10H13N5. The number of fused-ring (bicyclic) bond motifs is 1. The van der Waals surface area contributed by atoms with Crippen molar-refractivity contribution in [2.45, 2.75) is 13.8 Å². The number of nitrogens with zero attached hydrogens (tertiary/aromatic N) is 4. The van der Waals surface area contributed by atoms with Gasteiger partial charge in [0, 0.05) is 18.3 Å². The highest BCUT2D eigenvalue weighted by molar-refractivity contribution is 5.45. The Labute approximate surface area is 87.9 Å². The van der Waals surface area contributed by atoms with Crippen LogP contribution in [0, 0.1) is 6.92 Å². The van der Waals surface area contributed by atoms with E-state index in [1.807, 2.05) is 19.9 Å². The number of hydrogen-bond donors (Lipinski definition) is 1. The minimum absolute atomic E-state index is 0.610. The zero-order valence-corrected chi connectivity index (χ0v) is 8.86. The first-order valence-electron chi connectivity index (χ1n) is 4.72. The molecule has 0 aliphatic carbocycles. The lowest BCUT2D eigenvalue weighted by atomic mass is 10.3. The van der Waals surface area contributed by atoms with Gasteiger partial charge in [0.25, 0.3) is 5.78 Å². The van der Waals surface area contributed by atoms with Gasteiger partial charge in [0.2, 0.25) is 0 Å². The van der Waals surface area contributed by atoms with E-state index in [-0.39, 0.29) is 0 Å². The van der Waals surface area contributed by atoms with Crippen LogP contribution in [0.1, 0.15) is 12.6 Å². The van der Waals surface area contributed by atoms with Crippen LogP contribution in [0.15, 0.2) is 24.5 Å². The molecule has 2 heterocycles. The van der Waals surface area contributed by atoms with Crippen LogP contribution in [-0.2, 0) is 0 Å². The maximum atomic E-state index is 4.25. The fourth-order valence-corrected chi connectivity index (χ4v) is 1.30. The highest BCUT2D eigenvalue weighted by Crippen LogP contribution is 2.10. The zero-order valence-electron chi connectivity index (χ0n) is 8.86. The summed E-state index contributed by atoms with van der Waals surface area (Å²) in [7, 11) is 0. The molecule has 78 valence electrons. The van der Waals surface area contributed by atoms with Crippen molar-refractivity contribution in [1.82, 2.24) is 19.6 Å². The molecule has 0 radical (unpaired) electrons. The van der Waals surface area contributed by atoms with Crippen LogP contribution in [0.3, 0.4) is 0 Å². The number of aromatic nitrogens is 4. The van der Waals surface area contributed by atoms with E-state index in [0.29, 0.717) is 5.78 Å². The first-order valence-corrected chi connectivity index (χ1v) is 4.72. The summed E-state index contributed by atoms with van der Waals surface area (Å²) in [4.78, 5) is 8.30. The number of aryl methyl sites for hydroxylation is 1. The molecule has 2 aromatic rings. The van der Waals surface area contributed by atoms with E-state index in [2.05, 4.69) is 27.0 Å². The first-order chi connectivity index (χ1) is 7.16. The van der Waals surface area contributed by atoms with Crippen molar-refractivity contribution in [2.24, 2.45) is 0 Å². The highest BCUT2D eigenvalue weighted by Gasteiger charge is 2.04. The number of hydrogen-bond acceptors (Lipinski definition) is 4. The Morgan fingerprint density at radius 1 is 1.60 bits per heavy atom. The van der Waals surface area contributed by atoms with Gasteiger partial charge in [-0.1, -0.05) is 12.2 Å². The summed E-state index contributed by atoms with van der Waals surface area (Å²) in [5.74, 6) is 1.50. The Bertz CT molecular complexity index is 499. The fraction of sp³-hybridized carbons (Fsp3) is 0.300. The van der Waals surface area contributed by atoms with Crippen LogP contribution >= 0.6 is 0 Å². The van der Waals surface area contributed by atoms with Crippen LogP contribution in [0.2, 0.25) is 0 Å². The van der Waals surface area contributed by atoms with Gasteiger partial charge in [-0.3, -0.25) is 0 Å². The van der Waals surface area contributed by atoms with Crippen LogP contribution in [0.25, 0.3) is 5.78 Å². The third-order valence-corrected chi connectivity index (χ3v) is 1.95. The van der Waals surface area contributed by atoms with E-state index in [0.717, 1.165) is 23.6 Å². The molecular weight excluding hydrogens is 190 g/mol. The number of anilines is 1. The second-order valence-corrected chi connectivity index (χ2v) is 3.57. The van der Waals surface area contributed by atoms with Gasteiger partial charge in [-0.15, -0.1) is 0 Å². The Morgan fingerprint density at radius 2 is 2.40 bits per heavy atom. The van der Waals surface area contributed by atoms with Gasteiger partial charge in [0.1, 0.15) is 12.1 Å². The standard InChI is InChI=1S/C10H13N5/c1-7(2)5-11-9-4-8(3)14-10-12-6-13-15(9)10/h4,6,11H,1,5H2,2-3H3. The molecule has 1 N–H and O–H groups in total. The summed E-state index contributed by atoms with van der Waals surface area (Å²) in [6, 6.07) is 1.94. The van der Waals surface area contributed by atoms with Gasteiger partial charge >= 0.3 is 0 Å². The monoisotopic (exact) mass is 203 g/mol. The molecule has 0 bridgehead atoms. The molecule has 0 fully saturated rings. The van der Waals surface area contributed by atoms with Crippen molar-refractivity contribution in [3.05, 3.63) is 30.2 Å². The molecule has 2 rings (SSSR count). The molecule has 0 aromatic carbocycles. The molecule has 0 spiro atoms. The summed E-state index contributed by atoms with van der Waals surface area (Å²) in [5.41, 5.74) is 1.98. The molecule has 0 aliphatic rings. The summed E-state index contributed by atoms with van der Waals surface area (Å²) in [5, 5.41) is 7.32. The van der Waals surface area contributed by atoms with E-state index in [1.165, 1.54) is 6.33 Å². The first kappa shape index (κ1) is 9.64. The second-order valence-electron chi connectivity index (χ2n) is 3.57. The summed E-state index contributed by atoms with van der Waals surface area (Å²) < 4.78 is 1.68. The Hall–Kier alpha value is -1.91. The lowest BCUT2D eigenvalue weighted by Gasteiger charge is -2.07. The van der Waals surface area contributed by atoms with E-state index < -0.39 is 0 Å². The maximum absolute atomic E-state index is 4.25. The van der Waals surface area contributed by atoms with Gasteiger partial charge in [0.15, 0.2) is 0 Å². The summed E-state index contributed by atoms with van der Waals surface area (Å²) >= 11 is 0. The minimum atomic E-state index is 0.610. The SMILES string of the molecule is C=C(C)CNc1cc(C)nc2ncnn12. The number of nitrogens with one attached hydrogen (secondary N) is 1. The minimum Gasteiger partial charge on any atom is -0.366 e. The van der Waals surface area contributed by atoms with Crippen molar-refractivity contribution in [1.29, 1.82) is 0 Å². The van der Waals surface area contributed by atoms with Gasteiger partial charge < -0.3 is 5.32 Å². The second kappa shape index (κ2) is 3.68. The molecule has 0 aliphatic heterocycles. The van der Waals surface area contributed by atoms with E-state index in [1.54, 1.807) is 4.52 Å². The molecule has 5 heteroatoms. The lowest BCUT2D eigenvalue weighted by Crippen LogP contribution is -2.08. The molecule has 0 saturated carbocycles. The van der Waals surface area contributed by atoms with Crippen LogP contribution in [-0.4, -0.2) is 26.1 Å². The molecule has 15 heavy (non-hydrogen) atoms. The van der Waals surface area contributed by atoms with Crippen LogP contribution < -0.4 is 5.32 Å². The quantitative estimate of drug-likeness (QED) is 0.766. The molecule has 5 nitrogen and oxygen atoms in total. The molecule has 0 saturated heterocycles. The van der Waals surface area contributed by atoms with Gasteiger partial charge in [-0.2, -0.15) is 14.6 Å². The smallest absolute Gasteiger partial charge is 0.254 e. The average molecular weight is 203 g/mol. The molecule has 2 aromatic heterocycles. The average Bonchev–Trinajstić information content (AvgIpc) is 2.61. The lowest BCUT2D eigenvalue weighted by molar-refractivity contribution is 0.924. The van der Waals surface area contributed by atoms with Gasteiger partial charge in [-0.25, -0.2) is 4.98 Å². The number of rotatable bonds is 3. The fourth-order valence-electron chi connectivity index (χ4n) is 1.30. The van der Waals surface area contributed by atoms with E-state index in [4.69, 9.17) is 0 Å². The Balaban J connectivity index is 2.39. The Morgan fingerprint density at radius 3 is 3.13 bits per heavy atom. The normalized spacial score (nSPS) is 10.5. The third kappa shape index (κ3) is 1.96. The topological polar surface area (TPSA) is 55.1 Å². The third-order valence-electron chi connectivity index (χ3n) is 1.95. The highest BCUT2D eigenvalue weighted by atomic mass is 15.3. The van der Waals surface area contributed by atoms with Gasteiger partial charge in [0.05, 0.1) is 0 Å². The molecule has 0 amide bonds. The van der Waals surface area contributed by atoms with Crippen molar-refractivity contribution in [2.75, 3.05) is 11.9 Å². The predicted octanol–water partition coefficient (Wildman–Crippen LogP) is 1.42. The van der Waals surface area contributed by atoms with Crippen LogP contribution in [0.4, 0.5) is 5.82 Å².